The quantitative estimate of drug-likeness (QED) is 0.105. The highest BCUT2D eigenvalue weighted by atomic mass is 32.2. The molecule has 4 aliphatic carbocycles. The van der Waals surface area contributed by atoms with Crippen molar-refractivity contribution in [2.45, 2.75) is 87.9 Å². The van der Waals surface area contributed by atoms with Gasteiger partial charge in [0.05, 0.1) is 18.8 Å². The number of rotatable bonds is 12. The molecule has 0 unspecified atom stereocenters. The van der Waals surface area contributed by atoms with Crippen LogP contribution in [0.5, 0.6) is 0 Å². The first-order valence-corrected chi connectivity index (χ1v) is 22.9. The van der Waals surface area contributed by atoms with Crippen LogP contribution in [-0.4, -0.2) is 33.5 Å². The largest absolute Gasteiger partial charge is 0.431 e. The van der Waals surface area contributed by atoms with Crippen LogP contribution in [0.2, 0.25) is 0 Å². The zero-order valence-corrected chi connectivity index (χ0v) is 35.4. The molecule has 2 amide bonds. The van der Waals surface area contributed by atoms with Gasteiger partial charge in [0, 0.05) is 40.4 Å². The minimum atomic E-state index is -0.606. The summed E-state index contributed by atoms with van der Waals surface area (Å²) >= 11 is 1.55. The number of carbonyl (C=O) groups is 1. The fraction of sp³-hybridized carbons (Fsp3) is 0.346. The van der Waals surface area contributed by atoms with Gasteiger partial charge < -0.3 is 29.6 Å². The third kappa shape index (κ3) is 8.67. The van der Waals surface area contributed by atoms with Crippen LogP contribution >= 0.6 is 11.8 Å². The van der Waals surface area contributed by atoms with Crippen molar-refractivity contribution in [3.63, 3.8) is 0 Å². The molecule has 3 N–H and O–H groups in total. The Bertz CT molecular complexity index is 2350. The van der Waals surface area contributed by atoms with Gasteiger partial charge in [-0.15, -0.1) is 0 Å². The van der Waals surface area contributed by atoms with Crippen LogP contribution in [0, 0.1) is 23.7 Å². The van der Waals surface area contributed by atoms with E-state index >= 15 is 0 Å². The summed E-state index contributed by atoms with van der Waals surface area (Å²) in [7, 11) is 0. The smallest absolute Gasteiger partial charge is 0.315 e. The summed E-state index contributed by atoms with van der Waals surface area (Å²) in [5, 5.41) is 16.9. The van der Waals surface area contributed by atoms with Gasteiger partial charge in [0.2, 0.25) is 0 Å². The number of hydrogen-bond acceptors (Lipinski definition) is 7. The summed E-state index contributed by atoms with van der Waals surface area (Å²) in [5.41, 5.74) is 8.82. The monoisotopic (exact) mass is 831 g/mol. The molecular formula is C52H53N3O5S. The van der Waals surface area contributed by atoms with Crippen molar-refractivity contribution in [3.8, 4) is 33.7 Å². The zero-order chi connectivity index (χ0) is 41.3. The number of aliphatic hydroxyl groups excluding tert-OH is 1. The standard InChI is InChI=1S/C52H53N3O5S/c1-33-45(32-61-51-54-46(40-10-4-2-5-11-40)48(60-51)41-12-6-3-7-13-41)58-49(59-47(33)42-17-15-34(31-56)16-18-42)43-21-19-39(20-22-43)44-14-8-9-35(26-44)30-53-50(57)55-52-27-36-23-37(28-52)25-38(24-36)29-52/h2-22,26,33,36-38,45,47,49,56H,23-25,27-32H2,1H3,(H2,53,55,57)/t33-,36?,37?,38?,45+,47+,49+,52?/m1/s1. The molecule has 8 nitrogen and oxygen atoms in total. The lowest BCUT2D eigenvalue weighted by atomic mass is 9.53. The minimum Gasteiger partial charge on any atom is -0.431 e. The fourth-order valence-electron chi connectivity index (χ4n) is 10.8. The second-order valence-electron chi connectivity index (χ2n) is 17.9. The maximum atomic E-state index is 13.2. The Balaban J connectivity index is 0.841. The third-order valence-electron chi connectivity index (χ3n) is 13.5. The number of nitrogens with zero attached hydrogens (tertiary/aromatic N) is 1. The van der Waals surface area contributed by atoms with Crippen LogP contribution in [0.15, 0.2) is 143 Å². The molecule has 1 saturated heterocycles. The van der Waals surface area contributed by atoms with Crippen molar-refractivity contribution >= 4 is 17.8 Å². The van der Waals surface area contributed by atoms with Crippen molar-refractivity contribution in [1.82, 2.24) is 15.6 Å². The molecule has 4 atom stereocenters. The summed E-state index contributed by atoms with van der Waals surface area (Å²) in [5.74, 6) is 3.72. The van der Waals surface area contributed by atoms with Crippen molar-refractivity contribution in [2.24, 2.45) is 23.7 Å². The first kappa shape index (κ1) is 39.9. The Labute approximate surface area is 362 Å². The molecule has 6 aromatic rings. The SMILES string of the molecule is C[C@@H]1[C@H](CSc2nc(-c3ccccc3)c(-c3ccccc3)o2)O[C@H](c2ccc(-c3cccc(CNC(=O)NC45CC6CC(CC(C6)C4)C5)c3)cc2)O[C@@H]1c1ccc(CO)cc1. The first-order chi connectivity index (χ1) is 29.9. The van der Waals surface area contributed by atoms with Gasteiger partial charge in [-0.2, -0.15) is 0 Å². The Morgan fingerprint density at radius 2 is 1.36 bits per heavy atom. The number of carbonyl (C=O) groups excluding carboxylic acids is 1. The fourth-order valence-corrected chi connectivity index (χ4v) is 11.8. The van der Waals surface area contributed by atoms with Crippen LogP contribution < -0.4 is 10.6 Å². The summed E-state index contributed by atoms with van der Waals surface area (Å²) < 4.78 is 20.1. The van der Waals surface area contributed by atoms with Gasteiger partial charge >= 0.3 is 6.03 Å². The molecule has 9 heteroatoms. The average molecular weight is 832 g/mol. The third-order valence-corrected chi connectivity index (χ3v) is 14.4. The number of ether oxygens (including phenoxy) is 2. The van der Waals surface area contributed by atoms with Crippen LogP contribution in [0.4, 0.5) is 4.79 Å². The molecule has 0 spiro atoms. The molecule has 5 fully saturated rings. The van der Waals surface area contributed by atoms with Gasteiger partial charge in [0.25, 0.3) is 5.22 Å². The van der Waals surface area contributed by atoms with Crippen molar-refractivity contribution in [1.29, 1.82) is 0 Å². The van der Waals surface area contributed by atoms with Crippen LogP contribution in [0.3, 0.4) is 0 Å². The van der Waals surface area contributed by atoms with E-state index in [0.717, 1.165) is 93.0 Å². The van der Waals surface area contributed by atoms with E-state index in [0.29, 0.717) is 17.5 Å². The van der Waals surface area contributed by atoms with E-state index in [9.17, 15) is 9.90 Å². The molecule has 1 aromatic heterocycles. The van der Waals surface area contributed by atoms with Crippen molar-refractivity contribution in [2.75, 3.05) is 5.75 Å². The van der Waals surface area contributed by atoms with Gasteiger partial charge in [-0.1, -0.05) is 146 Å². The summed E-state index contributed by atoms with van der Waals surface area (Å²) in [4.78, 5) is 18.2. The predicted octanol–water partition coefficient (Wildman–Crippen LogP) is 11.5. The lowest BCUT2D eigenvalue weighted by Crippen LogP contribution is -2.61. The number of oxazole rings is 1. The number of thioether (sulfide) groups is 1. The lowest BCUT2D eigenvalue weighted by Gasteiger charge is -2.56. The number of urea groups is 1. The second-order valence-corrected chi connectivity index (χ2v) is 18.8. The molecule has 1 aliphatic heterocycles. The van der Waals surface area contributed by atoms with Gasteiger partial charge in [0.1, 0.15) is 5.69 Å². The molecule has 0 radical (unpaired) electrons. The topological polar surface area (TPSA) is 106 Å². The molecule has 2 heterocycles. The number of nitrogens with one attached hydrogen (secondary N) is 2. The van der Waals surface area contributed by atoms with E-state index in [-0.39, 0.29) is 36.3 Å². The first-order valence-electron chi connectivity index (χ1n) is 21.9. The second kappa shape index (κ2) is 17.3. The summed E-state index contributed by atoms with van der Waals surface area (Å²) in [6, 6.07) is 45.0. The molecule has 11 rings (SSSR count). The molecular weight excluding hydrogens is 779 g/mol. The lowest BCUT2D eigenvalue weighted by molar-refractivity contribution is -0.268. The minimum absolute atomic E-state index is 0.00564. The van der Waals surface area contributed by atoms with Gasteiger partial charge in [0.15, 0.2) is 12.1 Å². The van der Waals surface area contributed by atoms with Crippen molar-refractivity contribution in [3.05, 3.63) is 156 Å². The normalized spacial score (nSPS) is 26.6. The highest BCUT2D eigenvalue weighted by molar-refractivity contribution is 7.99. The van der Waals surface area contributed by atoms with Gasteiger partial charge in [-0.25, -0.2) is 9.78 Å². The van der Waals surface area contributed by atoms with Crippen LogP contribution in [-0.2, 0) is 22.6 Å². The summed E-state index contributed by atoms with van der Waals surface area (Å²) in [6.07, 6.45) is 6.44. The Morgan fingerprint density at radius 1 is 0.721 bits per heavy atom. The number of aromatic nitrogens is 1. The van der Waals surface area contributed by atoms with Gasteiger partial charge in [-0.3, -0.25) is 0 Å². The predicted molar refractivity (Wildman–Crippen MR) is 239 cm³/mol. The van der Waals surface area contributed by atoms with E-state index in [1.54, 1.807) is 11.8 Å². The molecule has 5 aromatic carbocycles. The van der Waals surface area contributed by atoms with E-state index in [1.165, 1.54) is 19.3 Å². The van der Waals surface area contributed by atoms with E-state index < -0.39 is 6.29 Å². The Hall–Kier alpha value is -5.19. The van der Waals surface area contributed by atoms with E-state index in [4.69, 9.17) is 18.9 Å². The van der Waals surface area contributed by atoms with Crippen molar-refractivity contribution < 1.29 is 23.8 Å². The maximum absolute atomic E-state index is 13.2. The Morgan fingerprint density at radius 3 is 2.03 bits per heavy atom. The number of hydrogen-bond donors (Lipinski definition) is 3. The molecule has 4 bridgehead atoms. The summed E-state index contributed by atoms with van der Waals surface area (Å²) in [6.45, 7) is 2.63. The highest BCUT2D eigenvalue weighted by Gasteiger charge is 2.51. The molecule has 4 saturated carbocycles. The number of aliphatic hydroxyl groups is 1. The zero-order valence-electron chi connectivity index (χ0n) is 34.5. The van der Waals surface area contributed by atoms with Crippen LogP contribution in [0.1, 0.15) is 80.1 Å². The van der Waals surface area contributed by atoms with Gasteiger partial charge in [-0.05, 0) is 90.2 Å². The maximum Gasteiger partial charge on any atom is 0.315 e. The molecule has 5 aliphatic rings. The average Bonchev–Trinajstić information content (AvgIpc) is 3.73. The van der Waals surface area contributed by atoms with E-state index in [2.05, 4.69) is 78.2 Å². The molecule has 61 heavy (non-hydrogen) atoms. The molecule has 312 valence electrons. The Kier molecular flexibility index (Phi) is 11.3. The number of benzene rings is 5. The van der Waals surface area contributed by atoms with Crippen LogP contribution in [0.25, 0.3) is 33.7 Å². The highest BCUT2D eigenvalue weighted by Crippen LogP contribution is 2.55. The number of amides is 2. The van der Waals surface area contributed by atoms with E-state index in [1.807, 2.05) is 72.8 Å².